The Hall–Kier alpha value is -0.590. The molecule has 2 rings (SSSR count). The van der Waals surface area contributed by atoms with Crippen molar-refractivity contribution >= 4 is 34.3 Å². The number of thiazole rings is 1. The zero-order valence-electron chi connectivity index (χ0n) is 7.01. The van der Waals surface area contributed by atoms with Gasteiger partial charge >= 0.3 is 6.18 Å². The van der Waals surface area contributed by atoms with Crippen molar-refractivity contribution in [3.05, 3.63) is 27.5 Å². The van der Waals surface area contributed by atoms with E-state index >= 15 is 0 Å². The summed E-state index contributed by atoms with van der Waals surface area (Å²) in [5.41, 5.74) is -0.855. The molecule has 0 fully saturated rings. The van der Waals surface area contributed by atoms with Gasteiger partial charge in [-0.1, -0.05) is 11.6 Å². The lowest BCUT2D eigenvalue weighted by Crippen LogP contribution is -2.04. The molecule has 2 aromatic heterocycles. The van der Waals surface area contributed by atoms with Crippen LogP contribution in [-0.2, 0) is 6.18 Å². The van der Waals surface area contributed by atoms with Gasteiger partial charge in [-0.2, -0.15) is 13.2 Å². The van der Waals surface area contributed by atoms with Crippen LogP contribution in [0.5, 0.6) is 0 Å². The maximum absolute atomic E-state index is 12.2. The van der Waals surface area contributed by atoms with Crippen LogP contribution in [0.3, 0.4) is 0 Å². The highest BCUT2D eigenvalue weighted by Crippen LogP contribution is 2.36. The zero-order chi connectivity index (χ0) is 11.1. The molecule has 0 radical (unpaired) electrons. The molecule has 0 atom stereocenters. The molecule has 2 aromatic rings. The Bertz CT molecular complexity index is 474. The standard InChI is InChI=1S/C8H3ClF3NS2/c9-6-2-1-4(15-6)7-13-5(3-14-7)8(10,11)12/h1-3H. The van der Waals surface area contributed by atoms with Gasteiger partial charge in [-0.15, -0.1) is 22.7 Å². The normalized spacial score (nSPS) is 12.0. The summed E-state index contributed by atoms with van der Waals surface area (Å²) in [4.78, 5) is 4.16. The van der Waals surface area contributed by atoms with Crippen molar-refractivity contribution in [2.24, 2.45) is 0 Å². The van der Waals surface area contributed by atoms with Gasteiger partial charge in [-0.25, -0.2) is 4.98 Å². The van der Waals surface area contributed by atoms with Gasteiger partial charge in [0.25, 0.3) is 0 Å². The van der Waals surface area contributed by atoms with Gasteiger partial charge in [0.05, 0.1) is 9.21 Å². The van der Waals surface area contributed by atoms with Gasteiger partial charge in [-0.3, -0.25) is 0 Å². The molecule has 0 bridgehead atoms. The fourth-order valence-electron chi connectivity index (χ4n) is 0.946. The third kappa shape index (κ3) is 2.32. The topological polar surface area (TPSA) is 12.9 Å². The summed E-state index contributed by atoms with van der Waals surface area (Å²) in [6.45, 7) is 0. The molecule has 0 amide bonds. The minimum absolute atomic E-state index is 0.347. The van der Waals surface area contributed by atoms with Crippen LogP contribution in [0, 0.1) is 0 Å². The summed E-state index contributed by atoms with van der Waals surface area (Å²) in [7, 11) is 0. The van der Waals surface area contributed by atoms with Crippen LogP contribution in [0.4, 0.5) is 13.2 Å². The fourth-order valence-corrected chi connectivity index (χ4v) is 2.89. The Kier molecular flexibility index (Phi) is 2.74. The lowest BCUT2D eigenvalue weighted by molar-refractivity contribution is -0.140. The van der Waals surface area contributed by atoms with E-state index in [9.17, 15) is 13.2 Å². The summed E-state index contributed by atoms with van der Waals surface area (Å²) < 4.78 is 37.3. The van der Waals surface area contributed by atoms with Gasteiger partial charge < -0.3 is 0 Å². The van der Waals surface area contributed by atoms with Crippen LogP contribution in [0.15, 0.2) is 17.5 Å². The summed E-state index contributed by atoms with van der Waals surface area (Å²) in [5.74, 6) is 0. The third-order valence-corrected chi connectivity index (χ3v) is 3.82. The number of aromatic nitrogens is 1. The predicted molar refractivity (Wildman–Crippen MR) is 55.4 cm³/mol. The van der Waals surface area contributed by atoms with Crippen molar-refractivity contribution in [1.82, 2.24) is 4.98 Å². The Labute approximate surface area is 96.2 Å². The Morgan fingerprint density at radius 2 is 2.00 bits per heavy atom. The van der Waals surface area contributed by atoms with Crippen molar-refractivity contribution in [1.29, 1.82) is 0 Å². The Morgan fingerprint density at radius 3 is 2.47 bits per heavy atom. The summed E-state index contributed by atoms with van der Waals surface area (Å²) >= 11 is 7.85. The number of nitrogens with zero attached hydrogens (tertiary/aromatic N) is 1. The number of hydrogen-bond acceptors (Lipinski definition) is 3. The summed E-state index contributed by atoms with van der Waals surface area (Å²) in [6, 6.07) is 3.29. The first-order valence-electron chi connectivity index (χ1n) is 3.75. The molecule has 1 nitrogen and oxygen atoms in total. The maximum Gasteiger partial charge on any atom is 0.434 e. The van der Waals surface area contributed by atoms with Crippen molar-refractivity contribution in [3.63, 3.8) is 0 Å². The molecule has 15 heavy (non-hydrogen) atoms. The van der Waals surface area contributed by atoms with Crippen LogP contribution in [-0.4, -0.2) is 4.98 Å². The lowest BCUT2D eigenvalue weighted by atomic mass is 10.4. The van der Waals surface area contributed by atoms with E-state index in [2.05, 4.69) is 4.98 Å². The second kappa shape index (κ2) is 3.77. The van der Waals surface area contributed by atoms with Crippen LogP contribution >= 0.6 is 34.3 Å². The van der Waals surface area contributed by atoms with Crippen molar-refractivity contribution in [2.75, 3.05) is 0 Å². The number of rotatable bonds is 1. The van der Waals surface area contributed by atoms with Crippen molar-refractivity contribution in [3.8, 4) is 9.88 Å². The highest BCUT2D eigenvalue weighted by molar-refractivity contribution is 7.23. The largest absolute Gasteiger partial charge is 0.434 e. The molecule has 0 saturated heterocycles. The monoisotopic (exact) mass is 269 g/mol. The minimum Gasteiger partial charge on any atom is -0.231 e. The lowest BCUT2D eigenvalue weighted by Gasteiger charge is -1.99. The van der Waals surface area contributed by atoms with Crippen LogP contribution < -0.4 is 0 Å². The highest BCUT2D eigenvalue weighted by Gasteiger charge is 2.33. The van der Waals surface area contributed by atoms with E-state index < -0.39 is 11.9 Å². The van der Waals surface area contributed by atoms with E-state index in [1.165, 1.54) is 11.3 Å². The first kappa shape index (κ1) is 10.9. The van der Waals surface area contributed by atoms with E-state index in [4.69, 9.17) is 11.6 Å². The molecule has 0 aromatic carbocycles. The molecular weight excluding hydrogens is 267 g/mol. The van der Waals surface area contributed by atoms with E-state index in [0.717, 1.165) is 16.7 Å². The minimum atomic E-state index is -4.38. The van der Waals surface area contributed by atoms with E-state index in [-0.39, 0.29) is 0 Å². The average Bonchev–Trinajstić information content (AvgIpc) is 2.69. The van der Waals surface area contributed by atoms with Crippen molar-refractivity contribution in [2.45, 2.75) is 6.18 Å². The first-order chi connectivity index (χ1) is 6.97. The van der Waals surface area contributed by atoms with E-state index in [1.807, 2.05) is 0 Å². The van der Waals surface area contributed by atoms with Gasteiger partial charge in [0, 0.05) is 5.38 Å². The molecular formula is C8H3ClF3NS2. The smallest absolute Gasteiger partial charge is 0.231 e. The maximum atomic E-state index is 12.2. The fraction of sp³-hybridized carbons (Fsp3) is 0.125. The van der Waals surface area contributed by atoms with Gasteiger partial charge in [0.1, 0.15) is 5.01 Å². The second-order valence-electron chi connectivity index (χ2n) is 2.64. The second-order valence-corrected chi connectivity index (χ2v) is 5.21. The molecule has 0 saturated carbocycles. The number of thiophene rings is 1. The molecule has 0 aliphatic heterocycles. The molecule has 2 heterocycles. The van der Waals surface area contributed by atoms with E-state index in [1.54, 1.807) is 12.1 Å². The average molecular weight is 270 g/mol. The molecule has 0 aliphatic rings. The van der Waals surface area contributed by atoms with Crippen molar-refractivity contribution < 1.29 is 13.2 Å². The first-order valence-corrected chi connectivity index (χ1v) is 5.82. The van der Waals surface area contributed by atoms with Crippen LogP contribution in [0.1, 0.15) is 5.69 Å². The molecule has 0 spiro atoms. The summed E-state index contributed by atoms with van der Waals surface area (Å²) in [5, 5.41) is 1.35. The SMILES string of the molecule is FC(F)(F)c1csc(-c2ccc(Cl)s2)n1. The van der Waals surface area contributed by atoms with Gasteiger partial charge in [0.15, 0.2) is 5.69 Å². The predicted octanol–water partition coefficient (Wildman–Crippen LogP) is 4.54. The Balaban J connectivity index is 2.36. The van der Waals surface area contributed by atoms with E-state index in [0.29, 0.717) is 14.2 Å². The molecule has 0 aliphatic carbocycles. The number of halogens is 4. The molecule has 80 valence electrons. The van der Waals surface area contributed by atoms with Crippen LogP contribution in [0.25, 0.3) is 9.88 Å². The van der Waals surface area contributed by atoms with Gasteiger partial charge in [0.2, 0.25) is 0 Å². The highest BCUT2D eigenvalue weighted by atomic mass is 35.5. The van der Waals surface area contributed by atoms with Gasteiger partial charge in [-0.05, 0) is 12.1 Å². The number of hydrogen-bond donors (Lipinski definition) is 0. The van der Waals surface area contributed by atoms with Crippen LogP contribution in [0.2, 0.25) is 4.34 Å². The molecule has 0 unspecified atom stereocenters. The number of alkyl halides is 3. The quantitative estimate of drug-likeness (QED) is 0.740. The summed E-state index contributed by atoms with van der Waals surface area (Å²) in [6.07, 6.45) is -4.38. The molecule has 7 heteroatoms. The zero-order valence-corrected chi connectivity index (χ0v) is 9.40. The molecule has 0 N–H and O–H groups in total. The Morgan fingerprint density at radius 1 is 1.27 bits per heavy atom. The third-order valence-electron chi connectivity index (χ3n) is 1.58.